The minimum atomic E-state index is -3.60. The molecule has 0 bridgehead atoms. The number of piperidine rings is 1. The molecule has 6 heteroatoms. The number of hydrogen-bond acceptors (Lipinski definition) is 4. The summed E-state index contributed by atoms with van der Waals surface area (Å²) < 4.78 is 27.2. The van der Waals surface area contributed by atoms with Gasteiger partial charge in [0, 0.05) is 13.1 Å². The van der Waals surface area contributed by atoms with E-state index < -0.39 is 10.0 Å². The van der Waals surface area contributed by atoms with E-state index in [1.54, 1.807) is 19.1 Å². The number of nitrogens with one attached hydrogen (secondary N) is 1. The first-order chi connectivity index (χ1) is 10.0. The van der Waals surface area contributed by atoms with E-state index in [0.717, 1.165) is 19.4 Å². The predicted octanol–water partition coefficient (Wildman–Crippen LogP) is 1.49. The van der Waals surface area contributed by atoms with Gasteiger partial charge >= 0.3 is 0 Å². The van der Waals surface area contributed by atoms with Crippen LogP contribution in [0.1, 0.15) is 24.0 Å². The van der Waals surface area contributed by atoms with E-state index in [9.17, 15) is 13.7 Å². The van der Waals surface area contributed by atoms with Gasteiger partial charge in [-0.05, 0) is 50.9 Å². The van der Waals surface area contributed by atoms with E-state index in [2.05, 4.69) is 5.32 Å². The minimum Gasteiger partial charge on any atom is -0.319 e. The van der Waals surface area contributed by atoms with Gasteiger partial charge in [0.15, 0.2) is 0 Å². The lowest BCUT2D eigenvalue weighted by atomic mass is 10.00. The van der Waals surface area contributed by atoms with Crippen LogP contribution in [-0.2, 0) is 10.0 Å². The van der Waals surface area contributed by atoms with Crippen molar-refractivity contribution in [1.82, 2.24) is 9.62 Å². The Balaban J connectivity index is 2.34. The van der Waals surface area contributed by atoms with Crippen molar-refractivity contribution in [1.29, 1.82) is 5.26 Å². The Morgan fingerprint density at radius 3 is 2.90 bits per heavy atom. The summed E-state index contributed by atoms with van der Waals surface area (Å²) in [5, 5.41) is 12.4. The number of sulfonamides is 1. The zero-order valence-electron chi connectivity index (χ0n) is 12.5. The highest BCUT2D eigenvalue weighted by Crippen LogP contribution is 2.26. The molecule has 0 saturated carbocycles. The number of hydrogen-bond donors (Lipinski definition) is 1. The molecular weight excluding hydrogens is 286 g/mol. The molecule has 1 unspecified atom stereocenters. The first kappa shape index (κ1) is 16.0. The molecule has 0 radical (unpaired) electrons. The molecule has 0 aromatic heterocycles. The van der Waals surface area contributed by atoms with Gasteiger partial charge in [-0.15, -0.1) is 0 Å². The van der Waals surface area contributed by atoms with Crippen LogP contribution in [0.2, 0.25) is 0 Å². The van der Waals surface area contributed by atoms with Crippen molar-refractivity contribution < 1.29 is 8.42 Å². The van der Waals surface area contributed by atoms with Gasteiger partial charge in [0.05, 0.1) is 5.56 Å². The fraction of sp³-hybridized carbons (Fsp3) is 0.533. The summed E-state index contributed by atoms with van der Waals surface area (Å²) in [6.07, 6.45) is 1.89. The van der Waals surface area contributed by atoms with Gasteiger partial charge in [-0.3, -0.25) is 0 Å². The van der Waals surface area contributed by atoms with Gasteiger partial charge < -0.3 is 5.32 Å². The van der Waals surface area contributed by atoms with Crippen LogP contribution in [0.3, 0.4) is 0 Å². The Morgan fingerprint density at radius 1 is 1.48 bits per heavy atom. The summed E-state index contributed by atoms with van der Waals surface area (Å²) in [5.41, 5.74) is 0.954. The van der Waals surface area contributed by atoms with Crippen LogP contribution < -0.4 is 5.32 Å². The van der Waals surface area contributed by atoms with Crippen molar-refractivity contribution in [2.75, 3.05) is 26.7 Å². The molecule has 1 fully saturated rings. The maximum atomic E-state index is 12.8. The Bertz CT molecular complexity index is 647. The molecule has 1 aliphatic heterocycles. The summed E-state index contributed by atoms with van der Waals surface area (Å²) in [6.45, 7) is 3.62. The second kappa shape index (κ2) is 6.56. The van der Waals surface area contributed by atoms with Gasteiger partial charge in [0.1, 0.15) is 11.0 Å². The van der Waals surface area contributed by atoms with Crippen molar-refractivity contribution in [3.05, 3.63) is 29.3 Å². The summed E-state index contributed by atoms with van der Waals surface area (Å²) in [7, 11) is -1.72. The van der Waals surface area contributed by atoms with E-state index in [1.165, 1.54) is 10.4 Å². The molecule has 1 aromatic rings. The number of rotatable bonds is 4. The first-order valence-corrected chi connectivity index (χ1v) is 8.59. The molecule has 0 amide bonds. The predicted molar refractivity (Wildman–Crippen MR) is 81.3 cm³/mol. The molecule has 5 nitrogen and oxygen atoms in total. The third-order valence-electron chi connectivity index (χ3n) is 3.94. The lowest BCUT2D eigenvalue weighted by Crippen LogP contribution is -2.42. The lowest BCUT2D eigenvalue weighted by Gasteiger charge is -2.32. The van der Waals surface area contributed by atoms with Gasteiger partial charge in [-0.1, -0.05) is 12.1 Å². The number of aryl methyl sites for hydroxylation is 1. The summed E-state index contributed by atoms with van der Waals surface area (Å²) in [4.78, 5) is 0.134. The maximum absolute atomic E-state index is 12.8. The fourth-order valence-corrected chi connectivity index (χ4v) is 4.61. The van der Waals surface area contributed by atoms with Crippen LogP contribution in [0.15, 0.2) is 23.1 Å². The first-order valence-electron chi connectivity index (χ1n) is 7.15. The molecular formula is C15H21N3O2S. The van der Waals surface area contributed by atoms with Crippen LogP contribution in [-0.4, -0.2) is 39.4 Å². The smallest absolute Gasteiger partial charge is 0.244 e. The standard InChI is InChI=1S/C15H21N3O2S/c1-12-5-3-7-15(14(12)9-16)21(19,20)18-8-4-6-13(11-18)10-17-2/h3,5,7,13,17H,4,6,8,10-11H2,1-2H3. The van der Waals surface area contributed by atoms with Crippen molar-refractivity contribution >= 4 is 10.0 Å². The van der Waals surface area contributed by atoms with E-state index in [1.807, 2.05) is 13.1 Å². The minimum absolute atomic E-state index is 0.134. The summed E-state index contributed by atoms with van der Waals surface area (Å²) in [6, 6.07) is 7.01. The third-order valence-corrected chi connectivity index (χ3v) is 5.85. The topological polar surface area (TPSA) is 73.2 Å². The van der Waals surface area contributed by atoms with Crippen LogP contribution in [0.25, 0.3) is 0 Å². The molecule has 0 aliphatic carbocycles. The van der Waals surface area contributed by atoms with Crippen molar-refractivity contribution in [2.24, 2.45) is 5.92 Å². The molecule has 0 spiro atoms. The van der Waals surface area contributed by atoms with Crippen LogP contribution in [0.4, 0.5) is 0 Å². The van der Waals surface area contributed by atoms with E-state index >= 15 is 0 Å². The quantitative estimate of drug-likeness (QED) is 0.914. The van der Waals surface area contributed by atoms with Crippen molar-refractivity contribution in [3.8, 4) is 6.07 Å². The number of nitriles is 1. The average molecular weight is 307 g/mol. The molecule has 21 heavy (non-hydrogen) atoms. The molecule has 1 atom stereocenters. The Hall–Kier alpha value is -1.42. The maximum Gasteiger partial charge on any atom is 0.244 e. The van der Waals surface area contributed by atoms with Crippen LogP contribution in [0, 0.1) is 24.2 Å². The van der Waals surface area contributed by atoms with E-state index in [0.29, 0.717) is 24.6 Å². The van der Waals surface area contributed by atoms with E-state index in [-0.39, 0.29) is 10.5 Å². The summed E-state index contributed by atoms with van der Waals surface area (Å²) >= 11 is 0. The van der Waals surface area contributed by atoms with Crippen LogP contribution >= 0.6 is 0 Å². The SMILES string of the molecule is CNCC1CCCN(S(=O)(=O)c2cccc(C)c2C#N)C1. The lowest BCUT2D eigenvalue weighted by molar-refractivity contribution is 0.263. The van der Waals surface area contributed by atoms with Gasteiger partial charge in [0.2, 0.25) is 10.0 Å². The highest BCUT2D eigenvalue weighted by atomic mass is 32.2. The highest BCUT2D eigenvalue weighted by Gasteiger charge is 2.31. The van der Waals surface area contributed by atoms with Gasteiger partial charge in [0.25, 0.3) is 0 Å². The zero-order valence-corrected chi connectivity index (χ0v) is 13.3. The van der Waals surface area contributed by atoms with Crippen LogP contribution in [0.5, 0.6) is 0 Å². The zero-order chi connectivity index (χ0) is 15.5. The average Bonchev–Trinajstić information content (AvgIpc) is 2.47. The molecule has 1 aliphatic rings. The molecule has 2 rings (SSSR count). The van der Waals surface area contributed by atoms with E-state index in [4.69, 9.17) is 0 Å². The number of benzene rings is 1. The normalized spacial score (nSPS) is 20.1. The largest absolute Gasteiger partial charge is 0.319 e. The van der Waals surface area contributed by atoms with Gasteiger partial charge in [-0.2, -0.15) is 9.57 Å². The highest BCUT2D eigenvalue weighted by molar-refractivity contribution is 7.89. The monoisotopic (exact) mass is 307 g/mol. The second-order valence-electron chi connectivity index (χ2n) is 5.49. The third kappa shape index (κ3) is 3.26. The summed E-state index contributed by atoms with van der Waals surface area (Å²) in [5.74, 6) is 0.328. The Kier molecular flexibility index (Phi) is 4.99. The second-order valence-corrected chi connectivity index (χ2v) is 7.40. The Morgan fingerprint density at radius 2 is 2.24 bits per heavy atom. The molecule has 114 valence electrons. The molecule has 1 N–H and O–H groups in total. The fourth-order valence-electron chi connectivity index (χ4n) is 2.84. The molecule has 1 aromatic carbocycles. The number of nitrogens with zero attached hydrogens (tertiary/aromatic N) is 2. The van der Waals surface area contributed by atoms with Crippen molar-refractivity contribution in [3.63, 3.8) is 0 Å². The molecule has 1 heterocycles. The van der Waals surface area contributed by atoms with Crippen molar-refractivity contribution in [2.45, 2.75) is 24.7 Å². The van der Waals surface area contributed by atoms with Gasteiger partial charge in [-0.25, -0.2) is 8.42 Å². The molecule has 1 saturated heterocycles. The Labute approximate surface area is 126 Å².